The molecule has 0 aromatic rings. The molecule has 70 valence electrons. The molecule has 0 aromatic heterocycles. The summed E-state index contributed by atoms with van der Waals surface area (Å²) < 4.78 is 12.8. The van der Waals surface area contributed by atoms with Gasteiger partial charge in [0.2, 0.25) is 0 Å². The van der Waals surface area contributed by atoms with Crippen LogP contribution in [0.3, 0.4) is 0 Å². The molecule has 0 saturated heterocycles. The standard InChI is InChI=1S/C10H18FN/c1-10(6-9(10)11)7-12-8-4-2-3-5-8/h8-9,12H,2-7H2,1H3. The highest BCUT2D eigenvalue weighted by Crippen LogP contribution is 2.47. The lowest BCUT2D eigenvalue weighted by Gasteiger charge is -2.15. The molecular formula is C10H18FN. The second-order valence-electron chi connectivity index (χ2n) is 4.69. The van der Waals surface area contributed by atoms with Gasteiger partial charge in [-0.3, -0.25) is 0 Å². The van der Waals surface area contributed by atoms with Crippen LogP contribution in [0.4, 0.5) is 4.39 Å². The summed E-state index contributed by atoms with van der Waals surface area (Å²) in [6, 6.07) is 0.689. The minimum Gasteiger partial charge on any atom is -0.313 e. The Bertz CT molecular complexity index is 165. The third-order valence-corrected chi connectivity index (χ3v) is 3.39. The predicted octanol–water partition coefficient (Wildman–Crippen LogP) is 2.27. The summed E-state index contributed by atoms with van der Waals surface area (Å²) in [6.45, 7) is 2.93. The van der Waals surface area contributed by atoms with Crippen molar-refractivity contribution in [2.45, 2.75) is 51.2 Å². The molecule has 0 amide bonds. The topological polar surface area (TPSA) is 12.0 Å². The average Bonchev–Trinajstić information content (AvgIpc) is 2.57. The Balaban J connectivity index is 1.68. The number of hydrogen-bond acceptors (Lipinski definition) is 1. The van der Waals surface area contributed by atoms with Gasteiger partial charge in [-0.15, -0.1) is 0 Å². The molecule has 1 N–H and O–H groups in total. The van der Waals surface area contributed by atoms with Crippen LogP contribution in [0.1, 0.15) is 39.0 Å². The van der Waals surface area contributed by atoms with Crippen LogP contribution in [0.2, 0.25) is 0 Å². The van der Waals surface area contributed by atoms with Gasteiger partial charge in [0.25, 0.3) is 0 Å². The lowest BCUT2D eigenvalue weighted by Crippen LogP contribution is -2.31. The molecule has 2 aliphatic rings. The molecule has 2 saturated carbocycles. The maximum atomic E-state index is 12.8. The van der Waals surface area contributed by atoms with E-state index >= 15 is 0 Å². The number of alkyl halides is 1. The van der Waals surface area contributed by atoms with Crippen LogP contribution in [0.5, 0.6) is 0 Å². The average molecular weight is 171 g/mol. The summed E-state index contributed by atoms with van der Waals surface area (Å²) in [6.07, 6.45) is 5.54. The Morgan fingerprint density at radius 3 is 2.50 bits per heavy atom. The molecular weight excluding hydrogens is 153 g/mol. The molecule has 2 atom stereocenters. The Hall–Kier alpha value is -0.110. The van der Waals surface area contributed by atoms with Crippen molar-refractivity contribution in [1.29, 1.82) is 0 Å². The van der Waals surface area contributed by atoms with Crippen molar-refractivity contribution in [2.75, 3.05) is 6.54 Å². The van der Waals surface area contributed by atoms with Crippen molar-refractivity contribution in [3.63, 3.8) is 0 Å². The Kier molecular flexibility index (Phi) is 2.11. The van der Waals surface area contributed by atoms with Crippen molar-refractivity contribution in [3.05, 3.63) is 0 Å². The van der Waals surface area contributed by atoms with Gasteiger partial charge in [0.05, 0.1) is 0 Å². The zero-order valence-corrected chi connectivity index (χ0v) is 7.78. The van der Waals surface area contributed by atoms with Crippen LogP contribution < -0.4 is 5.32 Å². The van der Waals surface area contributed by atoms with E-state index in [4.69, 9.17) is 0 Å². The van der Waals surface area contributed by atoms with Gasteiger partial charge >= 0.3 is 0 Å². The highest BCUT2D eigenvalue weighted by Gasteiger charge is 2.50. The first-order valence-electron chi connectivity index (χ1n) is 5.08. The van der Waals surface area contributed by atoms with E-state index < -0.39 is 6.17 Å². The van der Waals surface area contributed by atoms with Crippen LogP contribution in [-0.4, -0.2) is 18.8 Å². The molecule has 2 rings (SSSR count). The van der Waals surface area contributed by atoms with Gasteiger partial charge in [0.1, 0.15) is 6.17 Å². The fourth-order valence-electron chi connectivity index (χ4n) is 2.04. The van der Waals surface area contributed by atoms with Gasteiger partial charge in [-0.05, 0) is 19.3 Å². The molecule has 0 spiro atoms. The van der Waals surface area contributed by atoms with Gasteiger partial charge in [0, 0.05) is 18.0 Å². The van der Waals surface area contributed by atoms with Crippen LogP contribution >= 0.6 is 0 Å². The maximum Gasteiger partial charge on any atom is 0.107 e. The van der Waals surface area contributed by atoms with Gasteiger partial charge in [-0.2, -0.15) is 0 Å². The lowest BCUT2D eigenvalue weighted by atomic mass is 10.1. The quantitative estimate of drug-likeness (QED) is 0.687. The third kappa shape index (κ3) is 1.63. The highest BCUT2D eigenvalue weighted by atomic mass is 19.1. The number of nitrogens with one attached hydrogen (secondary N) is 1. The number of hydrogen-bond donors (Lipinski definition) is 1. The summed E-state index contributed by atoms with van der Waals surface area (Å²) in [7, 11) is 0. The summed E-state index contributed by atoms with van der Waals surface area (Å²) in [5.74, 6) is 0. The SMILES string of the molecule is CC1(CNC2CCCC2)CC1F. The first kappa shape index (κ1) is 8.49. The van der Waals surface area contributed by atoms with E-state index in [0.717, 1.165) is 13.0 Å². The first-order chi connectivity index (χ1) is 5.71. The minimum atomic E-state index is -0.536. The van der Waals surface area contributed by atoms with E-state index in [1.54, 1.807) is 0 Å². The van der Waals surface area contributed by atoms with Crippen LogP contribution in [0.25, 0.3) is 0 Å². The van der Waals surface area contributed by atoms with Gasteiger partial charge in [-0.25, -0.2) is 4.39 Å². The van der Waals surface area contributed by atoms with E-state index in [1.165, 1.54) is 25.7 Å². The molecule has 2 aliphatic carbocycles. The normalized spacial score (nSPS) is 42.0. The van der Waals surface area contributed by atoms with E-state index in [9.17, 15) is 4.39 Å². The van der Waals surface area contributed by atoms with E-state index in [0.29, 0.717) is 6.04 Å². The van der Waals surface area contributed by atoms with Crippen molar-refractivity contribution >= 4 is 0 Å². The summed E-state index contributed by atoms with van der Waals surface area (Å²) in [5, 5.41) is 3.47. The monoisotopic (exact) mass is 171 g/mol. The van der Waals surface area contributed by atoms with E-state index in [-0.39, 0.29) is 5.41 Å². The Labute approximate surface area is 73.7 Å². The number of rotatable bonds is 3. The van der Waals surface area contributed by atoms with Crippen molar-refractivity contribution in [1.82, 2.24) is 5.32 Å². The van der Waals surface area contributed by atoms with Crippen molar-refractivity contribution in [2.24, 2.45) is 5.41 Å². The molecule has 2 fully saturated rings. The third-order valence-electron chi connectivity index (χ3n) is 3.39. The molecule has 0 heterocycles. The van der Waals surface area contributed by atoms with Gasteiger partial charge in [0.15, 0.2) is 0 Å². The van der Waals surface area contributed by atoms with Crippen LogP contribution in [0.15, 0.2) is 0 Å². The van der Waals surface area contributed by atoms with Crippen molar-refractivity contribution < 1.29 is 4.39 Å². The zero-order valence-electron chi connectivity index (χ0n) is 7.78. The fourth-order valence-corrected chi connectivity index (χ4v) is 2.04. The largest absolute Gasteiger partial charge is 0.313 e. The molecule has 0 bridgehead atoms. The predicted molar refractivity (Wildman–Crippen MR) is 47.9 cm³/mol. The van der Waals surface area contributed by atoms with Gasteiger partial charge < -0.3 is 5.32 Å². The smallest absolute Gasteiger partial charge is 0.107 e. The van der Waals surface area contributed by atoms with Crippen molar-refractivity contribution in [3.8, 4) is 0 Å². The Morgan fingerprint density at radius 1 is 1.42 bits per heavy atom. The zero-order chi connectivity index (χ0) is 8.60. The highest BCUT2D eigenvalue weighted by molar-refractivity contribution is 5.01. The maximum absolute atomic E-state index is 12.8. The second-order valence-corrected chi connectivity index (χ2v) is 4.69. The minimum absolute atomic E-state index is 0.0113. The fraction of sp³-hybridized carbons (Fsp3) is 1.00. The Morgan fingerprint density at radius 2 is 2.00 bits per heavy atom. The van der Waals surface area contributed by atoms with E-state index in [2.05, 4.69) is 5.32 Å². The lowest BCUT2D eigenvalue weighted by molar-refractivity contribution is 0.347. The summed E-state index contributed by atoms with van der Waals surface area (Å²) in [5.41, 5.74) is -0.0113. The van der Waals surface area contributed by atoms with Crippen LogP contribution in [-0.2, 0) is 0 Å². The number of halogens is 1. The van der Waals surface area contributed by atoms with Crippen LogP contribution in [0, 0.1) is 5.41 Å². The molecule has 0 aromatic carbocycles. The molecule has 2 heteroatoms. The molecule has 12 heavy (non-hydrogen) atoms. The van der Waals surface area contributed by atoms with Gasteiger partial charge in [-0.1, -0.05) is 19.8 Å². The summed E-state index contributed by atoms with van der Waals surface area (Å²) >= 11 is 0. The first-order valence-corrected chi connectivity index (χ1v) is 5.08. The summed E-state index contributed by atoms with van der Waals surface area (Å²) in [4.78, 5) is 0. The molecule has 1 nitrogen and oxygen atoms in total. The van der Waals surface area contributed by atoms with E-state index in [1.807, 2.05) is 6.92 Å². The second kappa shape index (κ2) is 2.99. The molecule has 2 unspecified atom stereocenters. The molecule has 0 aliphatic heterocycles. The molecule has 0 radical (unpaired) electrons.